The molecule has 0 bridgehead atoms. The molecule has 1 unspecified atom stereocenters. The first-order valence-corrected chi connectivity index (χ1v) is 8.54. The average Bonchev–Trinajstić information content (AvgIpc) is 2.62. The minimum atomic E-state index is -0.974. The monoisotopic (exact) mass is 353 g/mol. The Labute approximate surface area is 147 Å². The highest BCUT2D eigenvalue weighted by Gasteiger charge is 2.44. The smallest absolute Gasteiger partial charge is 0.331 e. The van der Waals surface area contributed by atoms with Crippen LogP contribution in [0.1, 0.15) is 43.5 Å². The minimum absolute atomic E-state index is 0.387. The number of rotatable bonds is 5. The van der Waals surface area contributed by atoms with Gasteiger partial charge >= 0.3 is 5.97 Å². The second-order valence-electron chi connectivity index (χ2n) is 6.38. The summed E-state index contributed by atoms with van der Waals surface area (Å²) in [5.41, 5.74) is -0.322. The van der Waals surface area contributed by atoms with Gasteiger partial charge < -0.3 is 14.8 Å². The molecule has 1 aliphatic rings. The van der Waals surface area contributed by atoms with Crippen LogP contribution < -0.4 is 10.1 Å². The number of amides is 1. The minimum Gasteiger partial charge on any atom is -0.497 e. The predicted molar refractivity (Wildman–Crippen MR) is 92.1 cm³/mol. The lowest BCUT2D eigenvalue weighted by Crippen LogP contribution is -2.57. The molecule has 1 amide bonds. The van der Waals surface area contributed by atoms with Gasteiger partial charge in [-0.05, 0) is 49.3 Å². The molecule has 2 rings (SSSR count). The summed E-state index contributed by atoms with van der Waals surface area (Å²) < 4.78 is 10.0. The summed E-state index contributed by atoms with van der Waals surface area (Å²) >= 11 is 6.30. The van der Waals surface area contributed by atoms with E-state index in [4.69, 9.17) is 21.1 Å². The zero-order valence-corrected chi connectivity index (χ0v) is 15.1. The highest BCUT2D eigenvalue weighted by atomic mass is 35.5. The van der Waals surface area contributed by atoms with E-state index in [2.05, 4.69) is 12.2 Å². The van der Waals surface area contributed by atoms with Crippen molar-refractivity contribution in [2.75, 3.05) is 14.2 Å². The van der Waals surface area contributed by atoms with Crippen LogP contribution in [0.2, 0.25) is 0 Å². The lowest BCUT2D eigenvalue weighted by Gasteiger charge is -2.37. The van der Waals surface area contributed by atoms with Crippen LogP contribution in [-0.2, 0) is 14.3 Å². The van der Waals surface area contributed by atoms with Crippen molar-refractivity contribution in [3.63, 3.8) is 0 Å². The van der Waals surface area contributed by atoms with E-state index in [1.807, 2.05) is 0 Å². The summed E-state index contributed by atoms with van der Waals surface area (Å²) in [4.78, 5) is 24.9. The molecule has 132 valence electrons. The van der Waals surface area contributed by atoms with Gasteiger partial charge in [-0.2, -0.15) is 0 Å². The molecule has 5 nitrogen and oxygen atoms in total. The van der Waals surface area contributed by atoms with Crippen molar-refractivity contribution >= 4 is 23.5 Å². The molecule has 0 radical (unpaired) electrons. The van der Waals surface area contributed by atoms with Gasteiger partial charge in [0, 0.05) is 0 Å². The molecule has 0 saturated heterocycles. The Bertz CT molecular complexity index is 579. The van der Waals surface area contributed by atoms with E-state index in [0.717, 1.165) is 12.8 Å². The third-order valence-corrected chi connectivity index (χ3v) is 5.16. The van der Waals surface area contributed by atoms with Crippen LogP contribution in [0.3, 0.4) is 0 Å². The average molecular weight is 354 g/mol. The number of methoxy groups -OCH3 is 2. The molecule has 24 heavy (non-hydrogen) atoms. The van der Waals surface area contributed by atoms with E-state index in [0.29, 0.717) is 30.1 Å². The number of hydrogen-bond donors (Lipinski definition) is 1. The number of nitrogens with one attached hydrogen (secondary N) is 1. The van der Waals surface area contributed by atoms with Crippen molar-refractivity contribution < 1.29 is 19.1 Å². The van der Waals surface area contributed by atoms with Crippen molar-refractivity contribution in [1.29, 1.82) is 0 Å². The first-order chi connectivity index (χ1) is 11.4. The van der Waals surface area contributed by atoms with E-state index in [9.17, 15) is 9.59 Å². The topological polar surface area (TPSA) is 64.6 Å². The first kappa shape index (κ1) is 18.6. The van der Waals surface area contributed by atoms with Crippen LogP contribution in [0.4, 0.5) is 0 Å². The van der Waals surface area contributed by atoms with Gasteiger partial charge in [0.15, 0.2) is 0 Å². The Balaban J connectivity index is 2.13. The van der Waals surface area contributed by atoms with Gasteiger partial charge in [-0.1, -0.05) is 19.1 Å². The normalized spacial score (nSPS) is 24.8. The first-order valence-electron chi connectivity index (χ1n) is 8.10. The van der Waals surface area contributed by atoms with Crippen molar-refractivity contribution in [3.8, 4) is 5.75 Å². The quantitative estimate of drug-likeness (QED) is 0.652. The zero-order chi connectivity index (χ0) is 17.7. The fourth-order valence-electron chi connectivity index (χ4n) is 3.05. The van der Waals surface area contributed by atoms with Crippen molar-refractivity contribution in [2.24, 2.45) is 5.92 Å². The van der Waals surface area contributed by atoms with Crippen LogP contribution in [0.5, 0.6) is 5.75 Å². The maximum absolute atomic E-state index is 12.6. The molecule has 1 saturated carbocycles. The molecular formula is C18H24ClNO4. The third kappa shape index (κ3) is 4.01. The molecular weight excluding hydrogens is 330 g/mol. The van der Waals surface area contributed by atoms with Crippen molar-refractivity contribution in [2.45, 2.75) is 43.5 Å². The molecule has 0 spiro atoms. The molecule has 0 aliphatic heterocycles. The van der Waals surface area contributed by atoms with E-state index < -0.39 is 16.9 Å². The van der Waals surface area contributed by atoms with E-state index in [1.165, 1.54) is 7.11 Å². The van der Waals surface area contributed by atoms with E-state index in [1.54, 1.807) is 31.4 Å². The molecule has 1 N–H and O–H groups in total. The third-order valence-electron chi connectivity index (χ3n) is 4.71. The fourth-order valence-corrected chi connectivity index (χ4v) is 3.25. The molecule has 1 atom stereocenters. The van der Waals surface area contributed by atoms with Gasteiger partial charge in [-0.25, -0.2) is 4.79 Å². The number of carbonyl (C=O) groups excluding carboxylic acids is 2. The van der Waals surface area contributed by atoms with E-state index in [-0.39, 0.29) is 5.91 Å². The molecule has 6 heteroatoms. The standard InChI is InChI=1S/C18H24ClNO4/c1-12-8-10-18(11-9-12,17(22)24-3)20-16(21)15(19)13-4-6-14(23-2)7-5-13/h4-7,12,15H,8-11H2,1-3H3,(H,20,21). The lowest BCUT2D eigenvalue weighted by atomic mass is 9.77. The van der Waals surface area contributed by atoms with Crippen molar-refractivity contribution in [1.82, 2.24) is 5.32 Å². The van der Waals surface area contributed by atoms with Gasteiger partial charge in [0.1, 0.15) is 16.7 Å². The highest BCUT2D eigenvalue weighted by molar-refractivity contribution is 6.31. The molecule has 1 aromatic carbocycles. The maximum Gasteiger partial charge on any atom is 0.331 e. The summed E-state index contributed by atoms with van der Waals surface area (Å²) in [6.07, 6.45) is 2.87. The molecule has 1 aromatic rings. The summed E-state index contributed by atoms with van der Waals surface area (Å²) in [7, 11) is 2.92. The van der Waals surface area contributed by atoms with Crippen LogP contribution in [0, 0.1) is 5.92 Å². The van der Waals surface area contributed by atoms with Gasteiger partial charge in [0.2, 0.25) is 5.91 Å². The number of esters is 1. The van der Waals surface area contributed by atoms with Crippen LogP contribution in [0.25, 0.3) is 0 Å². The Hall–Kier alpha value is -1.75. The largest absolute Gasteiger partial charge is 0.497 e. The van der Waals surface area contributed by atoms with Gasteiger partial charge in [0.25, 0.3) is 0 Å². The fraction of sp³-hybridized carbons (Fsp3) is 0.556. The Kier molecular flexibility index (Phi) is 6.10. The Morgan fingerprint density at radius 3 is 2.29 bits per heavy atom. The second kappa shape index (κ2) is 7.88. The van der Waals surface area contributed by atoms with Crippen LogP contribution >= 0.6 is 11.6 Å². The number of alkyl halides is 1. The Morgan fingerprint density at radius 2 is 1.79 bits per heavy atom. The molecule has 0 heterocycles. The van der Waals surface area contributed by atoms with Gasteiger partial charge in [0.05, 0.1) is 14.2 Å². The second-order valence-corrected chi connectivity index (χ2v) is 6.82. The highest BCUT2D eigenvalue weighted by Crippen LogP contribution is 2.34. The SMILES string of the molecule is COC(=O)C1(NC(=O)C(Cl)c2ccc(OC)cc2)CCC(C)CC1. The number of halogens is 1. The van der Waals surface area contributed by atoms with Crippen LogP contribution in [0.15, 0.2) is 24.3 Å². The number of ether oxygens (including phenoxy) is 2. The molecule has 1 aliphatic carbocycles. The number of carbonyl (C=O) groups is 2. The zero-order valence-electron chi connectivity index (χ0n) is 14.3. The Morgan fingerprint density at radius 1 is 1.21 bits per heavy atom. The van der Waals surface area contributed by atoms with Crippen LogP contribution in [-0.4, -0.2) is 31.6 Å². The van der Waals surface area contributed by atoms with E-state index >= 15 is 0 Å². The predicted octanol–water partition coefficient (Wildman–Crippen LogP) is 3.21. The summed E-state index contributed by atoms with van der Waals surface area (Å²) in [5.74, 6) is 0.437. The molecule has 0 aromatic heterocycles. The lowest BCUT2D eigenvalue weighted by molar-refractivity contribution is -0.153. The van der Waals surface area contributed by atoms with Gasteiger partial charge in [-0.15, -0.1) is 11.6 Å². The summed E-state index contributed by atoms with van der Waals surface area (Å²) in [6, 6.07) is 6.97. The number of benzene rings is 1. The summed E-state index contributed by atoms with van der Waals surface area (Å²) in [5, 5.41) is 1.98. The van der Waals surface area contributed by atoms with Crippen molar-refractivity contribution in [3.05, 3.63) is 29.8 Å². The molecule has 1 fully saturated rings. The van der Waals surface area contributed by atoms with Gasteiger partial charge in [-0.3, -0.25) is 4.79 Å². The summed E-state index contributed by atoms with van der Waals surface area (Å²) in [6.45, 7) is 2.14. The maximum atomic E-state index is 12.6. The number of hydrogen-bond acceptors (Lipinski definition) is 4.